The van der Waals surface area contributed by atoms with Crippen molar-refractivity contribution in [3.8, 4) is 11.4 Å². The zero-order valence-corrected chi connectivity index (χ0v) is 11.4. The molecule has 1 fully saturated rings. The number of phenolic OH excluding ortho intramolecular Hbond substituents is 1. The number of phenols is 1. The molecule has 0 bridgehead atoms. The molecule has 0 amide bonds. The summed E-state index contributed by atoms with van der Waals surface area (Å²) in [5.41, 5.74) is 0.876. The minimum Gasteiger partial charge on any atom is -0.508 e. The minimum absolute atomic E-state index is 0.248. The van der Waals surface area contributed by atoms with E-state index in [1.54, 1.807) is 28.6 Å². The quantitative estimate of drug-likeness (QED) is 0.934. The second-order valence-corrected chi connectivity index (χ2v) is 6.04. The van der Waals surface area contributed by atoms with E-state index < -0.39 is 0 Å². The average Bonchev–Trinajstić information content (AvgIpc) is 2.89. The molecule has 1 saturated carbocycles. The van der Waals surface area contributed by atoms with Gasteiger partial charge in [0.1, 0.15) is 5.75 Å². The van der Waals surface area contributed by atoms with Gasteiger partial charge in [-0.3, -0.25) is 0 Å². The van der Waals surface area contributed by atoms with E-state index >= 15 is 0 Å². The standard InChI is InChI=1S/C13H16N4OS/c18-11-8-6-10(7-9-11)17-13(14-15-16-17)19-12-4-2-1-3-5-12/h6-9,12,18H,1-5H2. The number of aromatic nitrogens is 4. The van der Waals surface area contributed by atoms with Gasteiger partial charge in [-0.05, 0) is 47.5 Å². The van der Waals surface area contributed by atoms with Gasteiger partial charge in [0.25, 0.3) is 0 Å². The third-order valence-corrected chi connectivity index (χ3v) is 4.63. The molecule has 1 N–H and O–H groups in total. The van der Waals surface area contributed by atoms with Gasteiger partial charge in [-0.25, -0.2) is 0 Å². The van der Waals surface area contributed by atoms with Crippen LogP contribution in [0.1, 0.15) is 32.1 Å². The van der Waals surface area contributed by atoms with Crippen molar-refractivity contribution in [3.63, 3.8) is 0 Å². The van der Waals surface area contributed by atoms with Crippen molar-refractivity contribution in [1.29, 1.82) is 0 Å². The molecule has 0 aliphatic heterocycles. The van der Waals surface area contributed by atoms with Crippen molar-refractivity contribution >= 4 is 11.8 Å². The molecule has 1 aromatic carbocycles. The molecule has 3 rings (SSSR count). The predicted molar refractivity (Wildman–Crippen MR) is 73.5 cm³/mol. The summed E-state index contributed by atoms with van der Waals surface area (Å²) in [5.74, 6) is 0.248. The van der Waals surface area contributed by atoms with Gasteiger partial charge in [-0.1, -0.05) is 31.0 Å². The summed E-state index contributed by atoms with van der Waals surface area (Å²) in [4.78, 5) is 0. The summed E-state index contributed by atoms with van der Waals surface area (Å²) in [6, 6.07) is 6.92. The maximum atomic E-state index is 9.32. The number of hydrogen-bond donors (Lipinski definition) is 1. The summed E-state index contributed by atoms with van der Waals surface area (Å²) in [7, 11) is 0. The van der Waals surface area contributed by atoms with E-state index in [4.69, 9.17) is 0 Å². The van der Waals surface area contributed by atoms with Gasteiger partial charge >= 0.3 is 0 Å². The minimum atomic E-state index is 0.248. The van der Waals surface area contributed by atoms with E-state index in [-0.39, 0.29) is 5.75 Å². The molecule has 2 aromatic rings. The van der Waals surface area contributed by atoms with Crippen LogP contribution < -0.4 is 0 Å². The van der Waals surface area contributed by atoms with E-state index in [1.807, 2.05) is 12.1 Å². The third kappa shape index (κ3) is 2.89. The number of thioether (sulfide) groups is 1. The predicted octanol–water partition coefficient (Wildman–Crippen LogP) is 2.79. The zero-order chi connectivity index (χ0) is 13.1. The van der Waals surface area contributed by atoms with E-state index in [2.05, 4.69) is 15.5 Å². The summed E-state index contributed by atoms with van der Waals surface area (Å²) < 4.78 is 1.73. The highest BCUT2D eigenvalue weighted by Gasteiger charge is 2.18. The first-order chi connectivity index (χ1) is 9.33. The van der Waals surface area contributed by atoms with Gasteiger partial charge in [0.2, 0.25) is 5.16 Å². The fourth-order valence-electron chi connectivity index (χ4n) is 2.34. The Bertz CT molecular complexity index is 534. The lowest BCUT2D eigenvalue weighted by Crippen LogP contribution is -2.09. The Balaban J connectivity index is 1.79. The highest BCUT2D eigenvalue weighted by Crippen LogP contribution is 2.33. The lowest BCUT2D eigenvalue weighted by molar-refractivity contribution is 0.475. The van der Waals surface area contributed by atoms with Crippen molar-refractivity contribution in [3.05, 3.63) is 24.3 Å². The van der Waals surface area contributed by atoms with Gasteiger partial charge in [0, 0.05) is 5.25 Å². The second-order valence-electron chi connectivity index (χ2n) is 4.77. The molecule has 1 heterocycles. The fourth-order valence-corrected chi connectivity index (χ4v) is 3.53. The SMILES string of the molecule is Oc1ccc(-n2nnnc2SC2CCCCC2)cc1. The van der Waals surface area contributed by atoms with Crippen LogP contribution in [-0.2, 0) is 0 Å². The van der Waals surface area contributed by atoms with Gasteiger partial charge in [-0.15, -0.1) is 5.10 Å². The van der Waals surface area contributed by atoms with Gasteiger partial charge in [-0.2, -0.15) is 4.68 Å². The fraction of sp³-hybridized carbons (Fsp3) is 0.462. The van der Waals surface area contributed by atoms with Crippen molar-refractivity contribution in [1.82, 2.24) is 20.2 Å². The lowest BCUT2D eigenvalue weighted by atomic mass is 10.0. The molecule has 1 aromatic heterocycles. The van der Waals surface area contributed by atoms with E-state index in [1.165, 1.54) is 32.1 Å². The second kappa shape index (κ2) is 5.61. The summed E-state index contributed by atoms with van der Waals surface area (Å²) in [5, 5.41) is 22.7. The smallest absolute Gasteiger partial charge is 0.214 e. The summed E-state index contributed by atoms with van der Waals surface area (Å²) in [6.07, 6.45) is 6.44. The molecular formula is C13H16N4OS. The van der Waals surface area contributed by atoms with Crippen LogP contribution >= 0.6 is 11.8 Å². The molecule has 19 heavy (non-hydrogen) atoms. The van der Waals surface area contributed by atoms with Crippen molar-refractivity contribution in [2.45, 2.75) is 42.5 Å². The maximum absolute atomic E-state index is 9.32. The number of benzene rings is 1. The molecule has 6 heteroatoms. The zero-order valence-electron chi connectivity index (χ0n) is 10.6. The van der Waals surface area contributed by atoms with Crippen LogP contribution in [0.15, 0.2) is 29.4 Å². The van der Waals surface area contributed by atoms with Crippen LogP contribution in [0.4, 0.5) is 0 Å². The Hall–Kier alpha value is -1.56. The molecule has 100 valence electrons. The van der Waals surface area contributed by atoms with Crippen molar-refractivity contribution in [2.75, 3.05) is 0 Å². The van der Waals surface area contributed by atoms with E-state index in [0.717, 1.165) is 10.8 Å². The van der Waals surface area contributed by atoms with Crippen molar-refractivity contribution < 1.29 is 5.11 Å². The highest BCUT2D eigenvalue weighted by atomic mass is 32.2. The van der Waals surface area contributed by atoms with Crippen LogP contribution in [0.3, 0.4) is 0 Å². The molecule has 0 spiro atoms. The first-order valence-corrected chi connectivity index (χ1v) is 7.45. The maximum Gasteiger partial charge on any atom is 0.214 e. The number of rotatable bonds is 3. The van der Waals surface area contributed by atoms with Crippen LogP contribution in [0.5, 0.6) is 5.75 Å². The van der Waals surface area contributed by atoms with Gasteiger partial charge in [0.15, 0.2) is 0 Å². The summed E-state index contributed by atoms with van der Waals surface area (Å²) in [6.45, 7) is 0. The number of nitrogens with zero attached hydrogens (tertiary/aromatic N) is 4. The molecule has 1 aliphatic rings. The topological polar surface area (TPSA) is 63.8 Å². The summed E-state index contributed by atoms with van der Waals surface area (Å²) >= 11 is 1.76. The molecule has 0 radical (unpaired) electrons. The number of tetrazole rings is 1. The Morgan fingerprint density at radius 2 is 1.84 bits per heavy atom. The van der Waals surface area contributed by atoms with Gasteiger partial charge in [0.05, 0.1) is 5.69 Å². The molecule has 0 atom stereocenters. The molecular weight excluding hydrogens is 260 g/mol. The third-order valence-electron chi connectivity index (χ3n) is 3.36. The largest absolute Gasteiger partial charge is 0.508 e. The molecule has 0 saturated heterocycles. The molecule has 5 nitrogen and oxygen atoms in total. The Morgan fingerprint density at radius 1 is 1.11 bits per heavy atom. The normalized spacial score (nSPS) is 16.6. The van der Waals surface area contributed by atoms with Crippen molar-refractivity contribution in [2.24, 2.45) is 0 Å². The van der Waals surface area contributed by atoms with Crippen LogP contribution in [0.25, 0.3) is 5.69 Å². The molecule has 0 unspecified atom stereocenters. The first-order valence-electron chi connectivity index (χ1n) is 6.57. The van der Waals surface area contributed by atoms with Crippen LogP contribution in [0.2, 0.25) is 0 Å². The lowest BCUT2D eigenvalue weighted by Gasteiger charge is -2.20. The first kappa shape index (κ1) is 12.5. The van der Waals surface area contributed by atoms with E-state index in [0.29, 0.717) is 5.25 Å². The number of hydrogen-bond acceptors (Lipinski definition) is 5. The van der Waals surface area contributed by atoms with E-state index in [9.17, 15) is 5.11 Å². The van der Waals surface area contributed by atoms with Crippen LogP contribution in [-0.4, -0.2) is 30.6 Å². The Kier molecular flexibility index (Phi) is 3.68. The Labute approximate surface area is 116 Å². The van der Waals surface area contributed by atoms with Crippen LogP contribution in [0, 0.1) is 0 Å². The average molecular weight is 276 g/mol. The highest BCUT2D eigenvalue weighted by molar-refractivity contribution is 7.99. The number of aromatic hydroxyl groups is 1. The Morgan fingerprint density at radius 3 is 2.58 bits per heavy atom. The molecule has 1 aliphatic carbocycles. The van der Waals surface area contributed by atoms with Gasteiger partial charge < -0.3 is 5.11 Å². The monoisotopic (exact) mass is 276 g/mol.